The Balaban J connectivity index is 2.28. The van der Waals surface area contributed by atoms with E-state index in [1.807, 2.05) is 13.8 Å². The molecule has 5 heteroatoms. The van der Waals surface area contributed by atoms with Crippen LogP contribution in [0.15, 0.2) is 0 Å². The van der Waals surface area contributed by atoms with E-state index in [0.29, 0.717) is 12.5 Å². The Kier molecular flexibility index (Phi) is 6.96. The minimum absolute atomic E-state index is 0.00362. The molecule has 0 N–H and O–H groups in total. The molecule has 0 amide bonds. The number of rotatable bonds is 7. The van der Waals surface area contributed by atoms with Crippen molar-refractivity contribution in [2.24, 2.45) is 17.8 Å². The van der Waals surface area contributed by atoms with Crippen molar-refractivity contribution in [2.75, 3.05) is 19.0 Å². The van der Waals surface area contributed by atoms with E-state index in [1.165, 1.54) is 32.1 Å². The molecule has 1 unspecified atom stereocenters. The average molecular weight is 297 g/mol. The smallest absolute Gasteiger partial charge is 0.232 e. The van der Waals surface area contributed by atoms with Crippen molar-refractivity contribution in [2.45, 2.75) is 46.0 Å². The largest absolute Gasteiger partial charge is 0.381 e. The van der Waals surface area contributed by atoms with Crippen LogP contribution in [-0.4, -0.2) is 27.4 Å². The van der Waals surface area contributed by atoms with Gasteiger partial charge in [-0.3, -0.25) is 0 Å². The van der Waals surface area contributed by atoms with Crippen LogP contribution in [-0.2, 0) is 13.8 Å². The molecule has 0 aromatic heterocycles. The first-order valence-corrected chi connectivity index (χ1v) is 9.36. The van der Waals surface area contributed by atoms with E-state index in [2.05, 4.69) is 0 Å². The topological polar surface area (TPSA) is 43.4 Å². The summed E-state index contributed by atoms with van der Waals surface area (Å²) in [6, 6.07) is 0. The standard InChI is InChI=1S/C13H25ClO3S/c1-11(2)13(10-18(14,15)16)9-17-8-12-6-4-3-5-7-12/h11-13H,3-10H2,1-2H3. The summed E-state index contributed by atoms with van der Waals surface area (Å²) in [5.74, 6) is 0.941. The summed E-state index contributed by atoms with van der Waals surface area (Å²) in [4.78, 5) is 0. The van der Waals surface area contributed by atoms with E-state index in [9.17, 15) is 8.42 Å². The van der Waals surface area contributed by atoms with Gasteiger partial charge in [0.15, 0.2) is 0 Å². The summed E-state index contributed by atoms with van der Waals surface area (Å²) in [6.45, 7) is 5.29. The molecule has 0 aromatic rings. The lowest BCUT2D eigenvalue weighted by Crippen LogP contribution is -2.25. The molecule has 1 saturated carbocycles. The number of hydrogen-bond acceptors (Lipinski definition) is 3. The molecule has 108 valence electrons. The van der Waals surface area contributed by atoms with Gasteiger partial charge in [0.25, 0.3) is 0 Å². The van der Waals surface area contributed by atoms with Crippen LogP contribution in [0.2, 0.25) is 0 Å². The predicted octanol–water partition coefficient (Wildman–Crippen LogP) is 3.42. The van der Waals surface area contributed by atoms with Gasteiger partial charge in [-0.05, 0) is 30.6 Å². The van der Waals surface area contributed by atoms with E-state index in [-0.39, 0.29) is 17.6 Å². The summed E-state index contributed by atoms with van der Waals surface area (Å²) in [6.07, 6.45) is 6.45. The van der Waals surface area contributed by atoms with Crippen molar-refractivity contribution < 1.29 is 13.2 Å². The highest BCUT2D eigenvalue weighted by Crippen LogP contribution is 2.24. The first-order chi connectivity index (χ1) is 8.38. The second-order valence-corrected chi connectivity index (χ2v) is 8.57. The maximum atomic E-state index is 11.1. The summed E-state index contributed by atoms with van der Waals surface area (Å²) < 4.78 is 28.0. The zero-order chi connectivity index (χ0) is 13.6. The van der Waals surface area contributed by atoms with E-state index < -0.39 is 9.05 Å². The second kappa shape index (κ2) is 7.71. The molecule has 0 aliphatic heterocycles. The summed E-state index contributed by atoms with van der Waals surface area (Å²) in [5.41, 5.74) is 0. The first-order valence-electron chi connectivity index (χ1n) is 6.88. The van der Waals surface area contributed by atoms with Crippen molar-refractivity contribution in [3.63, 3.8) is 0 Å². The Morgan fingerprint density at radius 2 is 1.83 bits per heavy atom. The Morgan fingerprint density at radius 1 is 1.22 bits per heavy atom. The lowest BCUT2D eigenvalue weighted by Gasteiger charge is -2.24. The highest BCUT2D eigenvalue weighted by atomic mass is 35.7. The molecule has 1 rings (SSSR count). The molecule has 0 radical (unpaired) electrons. The molecule has 0 bridgehead atoms. The van der Waals surface area contributed by atoms with Gasteiger partial charge in [-0.2, -0.15) is 0 Å². The normalized spacial score (nSPS) is 20.2. The third-order valence-electron chi connectivity index (χ3n) is 3.77. The van der Waals surface area contributed by atoms with Crippen molar-refractivity contribution in [3.8, 4) is 0 Å². The Morgan fingerprint density at radius 3 is 2.33 bits per heavy atom. The van der Waals surface area contributed by atoms with Crippen LogP contribution < -0.4 is 0 Å². The highest BCUT2D eigenvalue weighted by molar-refractivity contribution is 8.13. The third kappa shape index (κ3) is 6.95. The Hall–Kier alpha value is 0.200. The van der Waals surface area contributed by atoms with Gasteiger partial charge in [0.1, 0.15) is 0 Å². The van der Waals surface area contributed by atoms with Gasteiger partial charge >= 0.3 is 0 Å². The zero-order valence-corrected chi connectivity index (χ0v) is 13.0. The summed E-state index contributed by atoms with van der Waals surface area (Å²) in [7, 11) is 1.88. The van der Waals surface area contributed by atoms with E-state index in [4.69, 9.17) is 15.4 Å². The fourth-order valence-corrected chi connectivity index (χ4v) is 3.91. The number of ether oxygens (including phenoxy) is 1. The molecule has 0 spiro atoms. The van der Waals surface area contributed by atoms with Crippen molar-refractivity contribution in [1.29, 1.82) is 0 Å². The van der Waals surface area contributed by atoms with Crippen LogP contribution in [0, 0.1) is 17.8 Å². The lowest BCUT2D eigenvalue weighted by molar-refractivity contribution is 0.0546. The van der Waals surface area contributed by atoms with Gasteiger partial charge in [0.05, 0.1) is 12.4 Å². The van der Waals surface area contributed by atoms with E-state index >= 15 is 0 Å². The van der Waals surface area contributed by atoms with Gasteiger partial charge in [-0.25, -0.2) is 8.42 Å². The first kappa shape index (κ1) is 16.3. The lowest BCUT2D eigenvalue weighted by atomic mass is 9.90. The number of halogens is 1. The molecule has 18 heavy (non-hydrogen) atoms. The van der Waals surface area contributed by atoms with Crippen LogP contribution in [0.1, 0.15) is 46.0 Å². The van der Waals surface area contributed by atoms with Crippen LogP contribution in [0.4, 0.5) is 0 Å². The average Bonchev–Trinajstić information content (AvgIpc) is 2.27. The fourth-order valence-electron chi connectivity index (χ4n) is 2.43. The van der Waals surface area contributed by atoms with Gasteiger partial charge in [-0.1, -0.05) is 33.1 Å². The second-order valence-electron chi connectivity index (χ2n) is 5.75. The summed E-state index contributed by atoms with van der Waals surface area (Å²) in [5, 5.41) is 0. The Labute approximate surface area is 116 Å². The van der Waals surface area contributed by atoms with Crippen LogP contribution in [0.25, 0.3) is 0 Å². The maximum Gasteiger partial charge on any atom is 0.232 e. The molecular formula is C13H25ClO3S. The monoisotopic (exact) mass is 296 g/mol. The van der Waals surface area contributed by atoms with Crippen LogP contribution >= 0.6 is 10.7 Å². The van der Waals surface area contributed by atoms with Gasteiger partial charge < -0.3 is 4.74 Å². The summed E-state index contributed by atoms with van der Waals surface area (Å²) >= 11 is 0. The van der Waals surface area contributed by atoms with Crippen LogP contribution in [0.5, 0.6) is 0 Å². The minimum atomic E-state index is -3.43. The molecule has 1 aliphatic rings. The zero-order valence-electron chi connectivity index (χ0n) is 11.4. The van der Waals surface area contributed by atoms with Crippen molar-refractivity contribution >= 4 is 19.7 Å². The van der Waals surface area contributed by atoms with Crippen molar-refractivity contribution in [1.82, 2.24) is 0 Å². The maximum absolute atomic E-state index is 11.1. The minimum Gasteiger partial charge on any atom is -0.381 e. The Bertz CT molecular complexity index is 321. The molecule has 0 saturated heterocycles. The van der Waals surface area contributed by atoms with Gasteiger partial charge in [-0.15, -0.1) is 0 Å². The fraction of sp³-hybridized carbons (Fsp3) is 1.00. The number of hydrogen-bond donors (Lipinski definition) is 0. The van der Waals surface area contributed by atoms with Gasteiger partial charge in [0, 0.05) is 17.3 Å². The molecule has 0 aromatic carbocycles. The van der Waals surface area contributed by atoms with E-state index in [0.717, 1.165) is 6.61 Å². The molecule has 3 nitrogen and oxygen atoms in total. The predicted molar refractivity (Wildman–Crippen MR) is 75.4 cm³/mol. The molecule has 1 atom stereocenters. The quantitative estimate of drug-likeness (QED) is 0.676. The molecule has 0 heterocycles. The van der Waals surface area contributed by atoms with Crippen molar-refractivity contribution in [3.05, 3.63) is 0 Å². The SMILES string of the molecule is CC(C)C(COCC1CCCCC1)CS(=O)(=O)Cl. The highest BCUT2D eigenvalue weighted by Gasteiger charge is 2.21. The van der Waals surface area contributed by atoms with E-state index in [1.54, 1.807) is 0 Å². The van der Waals surface area contributed by atoms with Gasteiger partial charge in [0.2, 0.25) is 9.05 Å². The third-order valence-corrected chi connectivity index (χ3v) is 4.97. The molecular weight excluding hydrogens is 272 g/mol. The molecule has 1 aliphatic carbocycles. The molecule has 1 fully saturated rings. The van der Waals surface area contributed by atoms with Crippen LogP contribution in [0.3, 0.4) is 0 Å².